The number of aromatic nitrogens is 3. The zero-order valence-corrected chi connectivity index (χ0v) is 15.2. The van der Waals surface area contributed by atoms with Gasteiger partial charge in [0.1, 0.15) is 0 Å². The van der Waals surface area contributed by atoms with Gasteiger partial charge in [0.2, 0.25) is 0 Å². The zero-order chi connectivity index (χ0) is 18.1. The molecule has 2 heterocycles. The van der Waals surface area contributed by atoms with Crippen LogP contribution in [0.4, 0.5) is 10.8 Å². The minimum absolute atomic E-state index is 0.889. The number of hydrogen-bond donors (Lipinski definition) is 1. The molecule has 1 N–H and O–H groups in total. The Morgan fingerprint density at radius 3 is 2.59 bits per heavy atom. The summed E-state index contributed by atoms with van der Waals surface area (Å²) in [5, 5.41) is 8.85. The molecule has 4 nitrogen and oxygen atoms in total. The Morgan fingerprint density at radius 2 is 1.74 bits per heavy atom. The second-order valence-electron chi connectivity index (χ2n) is 6.21. The van der Waals surface area contributed by atoms with Crippen LogP contribution >= 0.6 is 11.3 Å². The number of rotatable bonds is 4. The van der Waals surface area contributed by atoms with Gasteiger partial charge in [-0.1, -0.05) is 48.5 Å². The molecule has 0 aliphatic heterocycles. The van der Waals surface area contributed by atoms with Gasteiger partial charge in [0, 0.05) is 40.1 Å². The van der Waals surface area contributed by atoms with Crippen LogP contribution in [0.5, 0.6) is 0 Å². The maximum atomic E-state index is 4.76. The van der Waals surface area contributed by atoms with E-state index in [-0.39, 0.29) is 0 Å². The Kier molecular flexibility index (Phi) is 3.92. The highest BCUT2D eigenvalue weighted by Gasteiger charge is 2.07. The summed E-state index contributed by atoms with van der Waals surface area (Å²) in [6.45, 7) is 0. The van der Waals surface area contributed by atoms with Crippen molar-refractivity contribution in [1.82, 2.24) is 14.5 Å². The monoisotopic (exact) mass is 368 g/mol. The smallest absolute Gasteiger partial charge is 0.187 e. The third kappa shape index (κ3) is 3.09. The molecule has 0 spiro atoms. The van der Waals surface area contributed by atoms with Gasteiger partial charge in [-0.25, -0.2) is 9.97 Å². The van der Waals surface area contributed by atoms with Gasteiger partial charge in [-0.2, -0.15) is 0 Å². The fourth-order valence-corrected chi connectivity index (χ4v) is 3.86. The van der Waals surface area contributed by atoms with Gasteiger partial charge in [0.05, 0.1) is 12.0 Å². The van der Waals surface area contributed by atoms with E-state index in [2.05, 4.69) is 82.4 Å². The van der Waals surface area contributed by atoms with E-state index in [9.17, 15) is 0 Å². The van der Waals surface area contributed by atoms with Crippen molar-refractivity contribution in [3.63, 3.8) is 0 Å². The van der Waals surface area contributed by atoms with Crippen LogP contribution in [0.15, 0.2) is 90.8 Å². The minimum Gasteiger partial charge on any atom is -0.331 e. The van der Waals surface area contributed by atoms with E-state index in [0.717, 1.165) is 27.8 Å². The first-order valence-corrected chi connectivity index (χ1v) is 9.54. The van der Waals surface area contributed by atoms with Crippen molar-refractivity contribution < 1.29 is 0 Å². The molecular weight excluding hydrogens is 352 g/mol. The van der Waals surface area contributed by atoms with Crippen LogP contribution in [0, 0.1) is 0 Å². The van der Waals surface area contributed by atoms with Crippen LogP contribution in [-0.4, -0.2) is 14.5 Å². The first kappa shape index (κ1) is 15.8. The normalized spacial score (nSPS) is 11.0. The zero-order valence-electron chi connectivity index (χ0n) is 14.4. The van der Waals surface area contributed by atoms with Crippen LogP contribution in [-0.2, 0) is 0 Å². The summed E-state index contributed by atoms with van der Waals surface area (Å²) in [5.41, 5.74) is 4.23. The standard InChI is InChI=1S/C22H16N4S/c1-2-6-19-16(4-1)5-3-7-20(19)24-22-25-21(14-27-22)17-8-10-18(11-9-17)26-13-12-23-15-26/h1-15H,(H,24,25). The maximum absolute atomic E-state index is 4.76. The van der Waals surface area contributed by atoms with Gasteiger partial charge < -0.3 is 9.88 Å². The molecule has 5 rings (SSSR count). The number of nitrogens with one attached hydrogen (secondary N) is 1. The lowest BCUT2D eigenvalue weighted by Crippen LogP contribution is -1.91. The Hall–Kier alpha value is -3.44. The van der Waals surface area contributed by atoms with E-state index in [1.807, 2.05) is 10.8 Å². The molecule has 5 aromatic rings. The molecule has 5 heteroatoms. The molecule has 0 aliphatic carbocycles. The summed E-state index contributed by atoms with van der Waals surface area (Å²) >= 11 is 1.61. The predicted octanol–water partition coefficient (Wildman–Crippen LogP) is 5.89. The highest BCUT2D eigenvalue weighted by molar-refractivity contribution is 7.14. The molecule has 0 aliphatic rings. The fourth-order valence-electron chi connectivity index (χ4n) is 3.13. The van der Waals surface area contributed by atoms with Crippen LogP contribution in [0.3, 0.4) is 0 Å². The molecule has 0 fully saturated rings. The van der Waals surface area contributed by atoms with E-state index < -0.39 is 0 Å². The second-order valence-corrected chi connectivity index (χ2v) is 7.06. The van der Waals surface area contributed by atoms with Crippen molar-refractivity contribution in [3.05, 3.63) is 90.8 Å². The highest BCUT2D eigenvalue weighted by Crippen LogP contribution is 2.30. The van der Waals surface area contributed by atoms with Gasteiger partial charge >= 0.3 is 0 Å². The van der Waals surface area contributed by atoms with E-state index in [1.54, 1.807) is 23.9 Å². The molecule has 130 valence electrons. The van der Waals surface area contributed by atoms with E-state index in [1.165, 1.54) is 10.8 Å². The van der Waals surface area contributed by atoms with Crippen molar-refractivity contribution in [3.8, 4) is 16.9 Å². The maximum Gasteiger partial charge on any atom is 0.187 e. The van der Waals surface area contributed by atoms with Gasteiger partial charge in [0.25, 0.3) is 0 Å². The lowest BCUT2D eigenvalue weighted by Gasteiger charge is -2.07. The van der Waals surface area contributed by atoms with Crippen LogP contribution < -0.4 is 5.32 Å². The van der Waals surface area contributed by atoms with Crippen molar-refractivity contribution in [2.45, 2.75) is 0 Å². The molecule has 0 bridgehead atoms. The molecule has 2 aromatic heterocycles. The van der Waals surface area contributed by atoms with E-state index in [0.29, 0.717) is 0 Å². The first-order valence-electron chi connectivity index (χ1n) is 8.66. The number of hydrogen-bond acceptors (Lipinski definition) is 4. The topological polar surface area (TPSA) is 42.7 Å². The summed E-state index contributed by atoms with van der Waals surface area (Å²) < 4.78 is 1.98. The van der Waals surface area contributed by atoms with Crippen molar-refractivity contribution in [1.29, 1.82) is 0 Å². The molecule has 0 unspecified atom stereocenters. The number of thiazole rings is 1. The van der Waals surface area contributed by atoms with Crippen LogP contribution in [0.2, 0.25) is 0 Å². The third-order valence-corrected chi connectivity index (χ3v) is 5.26. The Bertz CT molecular complexity index is 1190. The van der Waals surface area contributed by atoms with Gasteiger partial charge in [-0.3, -0.25) is 0 Å². The third-order valence-electron chi connectivity index (χ3n) is 4.50. The van der Waals surface area contributed by atoms with Crippen molar-refractivity contribution >= 4 is 32.9 Å². The van der Waals surface area contributed by atoms with E-state index in [4.69, 9.17) is 4.98 Å². The minimum atomic E-state index is 0.889. The number of nitrogens with zero attached hydrogens (tertiary/aromatic N) is 3. The molecule has 0 saturated carbocycles. The quantitative estimate of drug-likeness (QED) is 0.430. The number of anilines is 2. The van der Waals surface area contributed by atoms with Crippen LogP contribution in [0.25, 0.3) is 27.7 Å². The molecule has 0 atom stereocenters. The van der Waals surface area contributed by atoms with Crippen LogP contribution in [0.1, 0.15) is 0 Å². The molecule has 0 radical (unpaired) electrons. The molecule has 0 amide bonds. The van der Waals surface area contributed by atoms with E-state index >= 15 is 0 Å². The number of benzene rings is 3. The lowest BCUT2D eigenvalue weighted by atomic mass is 10.1. The number of imidazole rings is 1. The lowest BCUT2D eigenvalue weighted by molar-refractivity contribution is 1.06. The largest absolute Gasteiger partial charge is 0.331 e. The molecule has 0 saturated heterocycles. The average Bonchev–Trinajstić information content (AvgIpc) is 3.41. The SMILES string of the molecule is c1ccc2c(Nc3nc(-c4ccc(-n5ccnc5)cc4)cs3)cccc2c1. The fraction of sp³-hybridized carbons (Fsp3) is 0. The molecule has 3 aromatic carbocycles. The van der Waals surface area contributed by atoms with Gasteiger partial charge in [-0.15, -0.1) is 11.3 Å². The predicted molar refractivity (Wildman–Crippen MR) is 112 cm³/mol. The molecular formula is C22H16N4S. The number of fused-ring (bicyclic) bond motifs is 1. The molecule has 27 heavy (non-hydrogen) atoms. The Morgan fingerprint density at radius 1 is 0.889 bits per heavy atom. The first-order chi connectivity index (χ1) is 13.4. The van der Waals surface area contributed by atoms with Crippen molar-refractivity contribution in [2.24, 2.45) is 0 Å². The van der Waals surface area contributed by atoms with Crippen molar-refractivity contribution in [2.75, 3.05) is 5.32 Å². The highest BCUT2D eigenvalue weighted by atomic mass is 32.1. The average molecular weight is 368 g/mol. The second kappa shape index (κ2) is 6.70. The van der Waals surface area contributed by atoms with Gasteiger partial charge in [-0.05, 0) is 23.6 Å². The summed E-state index contributed by atoms with van der Waals surface area (Å²) in [6.07, 6.45) is 5.51. The summed E-state index contributed by atoms with van der Waals surface area (Å²) in [5.74, 6) is 0. The summed E-state index contributed by atoms with van der Waals surface area (Å²) in [6, 6.07) is 23.0. The summed E-state index contributed by atoms with van der Waals surface area (Å²) in [7, 11) is 0. The Balaban J connectivity index is 1.41. The summed E-state index contributed by atoms with van der Waals surface area (Å²) in [4.78, 5) is 8.85. The van der Waals surface area contributed by atoms with Gasteiger partial charge in [0.15, 0.2) is 5.13 Å². The Labute approximate surface area is 160 Å².